The largest absolute Gasteiger partial charge is 0.469 e. The Hall–Kier alpha value is -5.78. The highest BCUT2D eigenvalue weighted by atomic mass is 32.1. The van der Waals surface area contributed by atoms with Gasteiger partial charge in [-0.25, -0.2) is 4.98 Å². The second-order valence-electron chi connectivity index (χ2n) is 18.8. The predicted molar refractivity (Wildman–Crippen MR) is 256 cm³/mol. The zero-order chi connectivity index (χ0) is 47.2. The van der Waals surface area contributed by atoms with Gasteiger partial charge < -0.3 is 30.3 Å². The fourth-order valence-electron chi connectivity index (χ4n) is 9.27. The summed E-state index contributed by atoms with van der Waals surface area (Å²) >= 11 is 3.24. The summed E-state index contributed by atoms with van der Waals surface area (Å²) in [6.45, 7) is 17.0. The van der Waals surface area contributed by atoms with E-state index in [-0.39, 0.29) is 55.0 Å². The molecular weight excluding hydrogens is 875 g/mol. The number of hydrogen-bond acceptors (Lipinski definition) is 13. The Balaban J connectivity index is 0.914. The van der Waals surface area contributed by atoms with Crippen LogP contribution in [0, 0.1) is 39.0 Å². The van der Waals surface area contributed by atoms with Crippen LogP contribution in [0.15, 0.2) is 59.0 Å². The first-order valence-electron chi connectivity index (χ1n) is 22.6. The molecule has 0 bridgehead atoms. The molecule has 6 heterocycles. The molecule has 2 fully saturated rings. The van der Waals surface area contributed by atoms with Crippen molar-refractivity contribution < 1.29 is 29.0 Å². The number of rotatable bonds is 11. The molecule has 348 valence electrons. The van der Waals surface area contributed by atoms with Crippen LogP contribution in [0.4, 0.5) is 5.69 Å². The normalized spacial score (nSPS) is 19.6. The van der Waals surface area contributed by atoms with E-state index in [2.05, 4.69) is 68.8 Å². The second kappa shape index (κ2) is 18.8. The first kappa shape index (κ1) is 46.7. The number of benzene rings is 2. The van der Waals surface area contributed by atoms with Crippen LogP contribution in [0.25, 0.3) is 15.4 Å². The zero-order valence-electron chi connectivity index (χ0n) is 39.0. The Labute approximate surface area is 393 Å². The number of carbonyl (C=O) groups is 4. The van der Waals surface area contributed by atoms with Crippen molar-refractivity contribution in [1.29, 1.82) is 0 Å². The van der Waals surface area contributed by atoms with Crippen molar-refractivity contribution in [1.82, 2.24) is 35.3 Å². The molecule has 66 heavy (non-hydrogen) atoms. The highest BCUT2D eigenvalue weighted by molar-refractivity contribution is 7.15. The van der Waals surface area contributed by atoms with Crippen molar-refractivity contribution in [3.8, 4) is 15.4 Å². The second-order valence-corrected chi connectivity index (χ2v) is 20.9. The molecule has 0 saturated carbocycles. The first-order valence-corrected chi connectivity index (χ1v) is 24.2. The number of ether oxygens (including phenoxy) is 1. The van der Waals surface area contributed by atoms with Crippen LogP contribution in [0.5, 0.6) is 0 Å². The molecule has 3 aliphatic rings. The van der Waals surface area contributed by atoms with Crippen molar-refractivity contribution in [3.63, 3.8) is 0 Å². The number of esters is 1. The Morgan fingerprint density at radius 3 is 2.24 bits per heavy atom. The fourth-order valence-corrected chi connectivity index (χ4v) is 11.3. The molecule has 3 N–H and O–H groups in total. The average Bonchev–Trinajstić information content (AvgIpc) is 4.07. The molecule has 0 radical (unpaired) electrons. The van der Waals surface area contributed by atoms with Crippen molar-refractivity contribution in [3.05, 3.63) is 98.5 Å². The van der Waals surface area contributed by atoms with Crippen LogP contribution in [-0.4, -0.2) is 104 Å². The van der Waals surface area contributed by atoms with Crippen molar-refractivity contribution >= 4 is 57.8 Å². The summed E-state index contributed by atoms with van der Waals surface area (Å²) in [6.07, 6.45) is 0.451. The van der Waals surface area contributed by atoms with Crippen LogP contribution in [-0.2, 0) is 23.9 Å². The fraction of sp³-hybridized carbons (Fsp3) is 0.469. The number of aryl methyl sites for hydroxylation is 3. The van der Waals surface area contributed by atoms with Gasteiger partial charge in [-0.05, 0) is 81.7 Å². The molecule has 8 rings (SSSR count). The van der Waals surface area contributed by atoms with E-state index in [0.717, 1.165) is 65.5 Å². The van der Waals surface area contributed by atoms with Gasteiger partial charge >= 0.3 is 5.97 Å². The van der Waals surface area contributed by atoms with Crippen molar-refractivity contribution in [2.24, 2.45) is 16.3 Å². The predicted octanol–water partition coefficient (Wildman–Crippen LogP) is 6.73. The number of methoxy groups -OCH3 is 1. The summed E-state index contributed by atoms with van der Waals surface area (Å²) in [7, 11) is 1.37. The average molecular weight is 934 g/mol. The number of carbonyl (C=O) groups excluding carboxylic acids is 4. The molecule has 3 amide bonds. The highest BCUT2D eigenvalue weighted by Crippen LogP contribution is 2.40. The Bertz CT molecular complexity index is 2650. The summed E-state index contributed by atoms with van der Waals surface area (Å²) in [4.78, 5) is 70.3. The molecular formula is C49H59N9O6S2. The van der Waals surface area contributed by atoms with Gasteiger partial charge in [0.2, 0.25) is 17.7 Å². The number of nitrogens with one attached hydrogen (secondary N) is 2. The molecule has 3 aromatic heterocycles. The van der Waals surface area contributed by atoms with Crippen molar-refractivity contribution in [2.45, 2.75) is 111 Å². The standard InChI is InChI=1S/C49H59N9O6S2/c1-26-29(4)66-48-40(26)41(52-37(23-39(60)64-9)44-55-54-30(5)58(44)48)32-14-16-35(17-15-32)56-20-18-34(19-21-56)45(61)53-43(49(6,7)8)47(63)57-24-36(59)22-38(57)46(62)51-27(2)31-10-12-33(13-11-31)42-28(3)50-25-65-42/h10-17,25,27,34,36-38,43,59H,18-24H2,1-9H3,(H,51,62)(H,53,61)/t27-,36+,37-,38-,43+/m0/s1. The van der Waals surface area contributed by atoms with E-state index < -0.39 is 29.6 Å². The molecule has 0 aliphatic carbocycles. The lowest BCUT2D eigenvalue weighted by atomic mass is 9.84. The topological polar surface area (TPSA) is 184 Å². The zero-order valence-corrected chi connectivity index (χ0v) is 40.7. The van der Waals surface area contributed by atoms with Gasteiger partial charge in [0.1, 0.15) is 29.0 Å². The Morgan fingerprint density at radius 2 is 1.61 bits per heavy atom. The lowest BCUT2D eigenvalue weighted by Gasteiger charge is -2.38. The van der Waals surface area contributed by atoms with Crippen molar-refractivity contribution in [2.75, 3.05) is 31.6 Å². The number of amides is 3. The number of likely N-dealkylation sites (tertiary alicyclic amines) is 1. The number of fused-ring (bicyclic) bond motifs is 3. The molecule has 17 heteroatoms. The maximum absolute atomic E-state index is 14.4. The van der Waals surface area contributed by atoms with E-state index in [1.807, 2.05) is 75.9 Å². The minimum Gasteiger partial charge on any atom is -0.469 e. The summed E-state index contributed by atoms with van der Waals surface area (Å²) in [6, 6.07) is 13.5. The number of aromatic nitrogens is 4. The molecule has 0 unspecified atom stereocenters. The van der Waals surface area contributed by atoms with E-state index in [1.165, 1.54) is 12.0 Å². The van der Waals surface area contributed by atoms with Gasteiger partial charge in [-0.2, -0.15) is 0 Å². The van der Waals surface area contributed by atoms with E-state index >= 15 is 0 Å². The summed E-state index contributed by atoms with van der Waals surface area (Å²) in [5, 5.41) is 26.7. The summed E-state index contributed by atoms with van der Waals surface area (Å²) < 4.78 is 7.06. The molecule has 15 nitrogen and oxygen atoms in total. The number of thiazole rings is 1. The van der Waals surface area contributed by atoms with Gasteiger partial charge in [0.05, 0.1) is 47.5 Å². The summed E-state index contributed by atoms with van der Waals surface area (Å²) in [5.41, 5.74) is 8.90. The summed E-state index contributed by atoms with van der Waals surface area (Å²) in [5.74, 6) is -0.292. The maximum atomic E-state index is 14.4. The SMILES string of the molecule is COC(=O)C[C@@H]1N=C(c2ccc(N3CCC(C(=O)N[C@H](C(=O)N4C[C@H](O)C[C@H]4C(=O)N[C@@H](C)c4ccc(-c5scnc5C)cc4)C(C)(C)C)CC3)cc2)c2c(sc(C)c2C)-n2c(C)nnc21. The van der Waals surface area contributed by atoms with Gasteiger partial charge in [-0.1, -0.05) is 57.2 Å². The van der Waals surface area contributed by atoms with E-state index in [1.54, 1.807) is 22.7 Å². The number of aliphatic hydroxyl groups excluding tert-OH is 1. The maximum Gasteiger partial charge on any atom is 0.308 e. The highest BCUT2D eigenvalue weighted by Gasteiger charge is 2.45. The van der Waals surface area contributed by atoms with Gasteiger partial charge in [0.15, 0.2) is 5.82 Å². The molecule has 5 atom stereocenters. The molecule has 3 aliphatic heterocycles. The third-order valence-electron chi connectivity index (χ3n) is 13.2. The van der Waals surface area contributed by atoms with Crippen LogP contribution in [0.1, 0.15) is 110 Å². The van der Waals surface area contributed by atoms with Gasteiger partial charge in [-0.3, -0.25) is 28.7 Å². The van der Waals surface area contributed by atoms with Crippen LogP contribution in [0.2, 0.25) is 0 Å². The molecule has 2 saturated heterocycles. The quantitative estimate of drug-likeness (QED) is 0.120. The van der Waals surface area contributed by atoms with Gasteiger partial charge in [0, 0.05) is 53.7 Å². The Morgan fingerprint density at radius 1 is 0.924 bits per heavy atom. The third-order valence-corrected chi connectivity index (χ3v) is 15.4. The Kier molecular flexibility index (Phi) is 13.3. The smallest absolute Gasteiger partial charge is 0.308 e. The number of anilines is 1. The lowest BCUT2D eigenvalue weighted by Crippen LogP contribution is -2.59. The molecule has 5 aromatic rings. The van der Waals surface area contributed by atoms with Gasteiger partial charge in [0.25, 0.3) is 0 Å². The first-order chi connectivity index (χ1) is 31.4. The number of nitrogens with zero attached hydrogens (tertiary/aromatic N) is 7. The van der Waals surface area contributed by atoms with Crippen LogP contribution < -0.4 is 15.5 Å². The number of thiophene rings is 1. The number of aliphatic hydroxyl groups is 1. The van der Waals surface area contributed by atoms with E-state index in [9.17, 15) is 24.3 Å². The number of piperidine rings is 1. The van der Waals surface area contributed by atoms with Gasteiger partial charge in [-0.15, -0.1) is 32.9 Å². The lowest BCUT2D eigenvalue weighted by molar-refractivity contribution is -0.144. The van der Waals surface area contributed by atoms with E-state index in [4.69, 9.17) is 9.73 Å². The monoisotopic (exact) mass is 933 g/mol. The third kappa shape index (κ3) is 9.29. The van der Waals surface area contributed by atoms with E-state index in [0.29, 0.717) is 31.8 Å². The van der Waals surface area contributed by atoms with Crippen LogP contribution in [0.3, 0.4) is 0 Å². The number of hydrogen-bond donors (Lipinski definition) is 3. The number of aliphatic imine (C=N–C) groups is 1. The minimum atomic E-state index is -0.911. The molecule has 2 aromatic carbocycles. The minimum absolute atomic E-state index is 0.00511. The molecule has 0 spiro atoms. The number of β-amino-alcohol motifs (C(OH)–C–C–N with tert-alkyl or cyclic N) is 1. The van der Waals surface area contributed by atoms with Crippen LogP contribution >= 0.6 is 22.7 Å².